The topological polar surface area (TPSA) is 102 Å². The van der Waals surface area contributed by atoms with Crippen molar-refractivity contribution in [2.45, 2.75) is 25.8 Å². The highest BCUT2D eigenvalue weighted by Crippen LogP contribution is 2.11. The lowest BCUT2D eigenvalue weighted by Crippen LogP contribution is -2.22. The Kier molecular flexibility index (Phi) is 4.58. The van der Waals surface area contributed by atoms with Crippen LogP contribution in [0.3, 0.4) is 0 Å². The highest BCUT2D eigenvalue weighted by molar-refractivity contribution is 6.28. The fourth-order valence-electron chi connectivity index (χ4n) is 1.53. The normalized spacial score (nSPS) is 12.4. The summed E-state index contributed by atoms with van der Waals surface area (Å²) >= 11 is 5.86. The second kappa shape index (κ2) is 6.39. The molecule has 0 radical (unpaired) electrons. The third-order valence-corrected chi connectivity index (χ3v) is 2.69. The van der Waals surface area contributed by atoms with Gasteiger partial charge in [-0.15, -0.1) is 0 Å². The van der Waals surface area contributed by atoms with E-state index in [2.05, 4.69) is 30.4 Å². The summed E-state index contributed by atoms with van der Waals surface area (Å²) < 4.78 is 1.39. The molecule has 0 aliphatic rings. The first-order valence-electron chi connectivity index (χ1n) is 5.87. The summed E-state index contributed by atoms with van der Waals surface area (Å²) in [6, 6.07) is 0.0760. The van der Waals surface area contributed by atoms with Gasteiger partial charge in [-0.3, -0.25) is 0 Å². The number of anilines is 1. The minimum atomic E-state index is 0.0712. The number of hydrogen-bond acceptors (Lipinski definition) is 7. The maximum absolute atomic E-state index is 8.96. The first-order valence-corrected chi connectivity index (χ1v) is 6.24. The van der Waals surface area contributed by atoms with E-state index in [9.17, 15) is 0 Å². The predicted molar refractivity (Wildman–Crippen MR) is 69.2 cm³/mol. The number of aliphatic hydroxyl groups excluding tert-OH is 1. The fourth-order valence-corrected chi connectivity index (χ4v) is 1.69. The molecule has 0 bridgehead atoms. The summed E-state index contributed by atoms with van der Waals surface area (Å²) in [5, 5.41) is 16.1. The summed E-state index contributed by atoms with van der Waals surface area (Å²) in [6.07, 6.45) is 4.30. The van der Waals surface area contributed by atoms with Crippen LogP contribution in [0.25, 0.3) is 5.95 Å². The van der Waals surface area contributed by atoms with E-state index in [1.807, 2.05) is 6.92 Å². The number of aromatic nitrogens is 6. The van der Waals surface area contributed by atoms with Crippen molar-refractivity contribution in [3.8, 4) is 5.95 Å². The summed E-state index contributed by atoms with van der Waals surface area (Å²) in [5.41, 5.74) is 0. The summed E-state index contributed by atoms with van der Waals surface area (Å²) in [7, 11) is 0. The molecule has 0 saturated heterocycles. The molecule has 2 aromatic heterocycles. The Balaban J connectivity index is 2.21. The molecule has 8 nitrogen and oxygen atoms in total. The molecule has 9 heteroatoms. The Hall–Kier alpha value is -1.80. The average Bonchev–Trinajstić information content (AvgIpc) is 2.91. The number of halogens is 1. The molecule has 0 aromatic carbocycles. The van der Waals surface area contributed by atoms with Gasteiger partial charge in [-0.1, -0.05) is 6.92 Å². The number of rotatable bonds is 6. The van der Waals surface area contributed by atoms with E-state index in [0.717, 1.165) is 6.42 Å². The van der Waals surface area contributed by atoms with Crippen LogP contribution in [0.15, 0.2) is 12.7 Å². The number of hydrogen-bond donors (Lipinski definition) is 2. The molecule has 0 aliphatic carbocycles. The van der Waals surface area contributed by atoms with Crippen LogP contribution in [0.4, 0.5) is 5.95 Å². The summed E-state index contributed by atoms with van der Waals surface area (Å²) in [6.45, 7) is 2.11. The maximum Gasteiger partial charge on any atom is 0.258 e. The van der Waals surface area contributed by atoms with Crippen molar-refractivity contribution in [3.63, 3.8) is 0 Å². The number of nitrogens with one attached hydrogen (secondary N) is 1. The van der Waals surface area contributed by atoms with Crippen molar-refractivity contribution in [1.29, 1.82) is 0 Å². The van der Waals surface area contributed by atoms with Crippen LogP contribution in [0.1, 0.15) is 19.8 Å². The van der Waals surface area contributed by atoms with Gasteiger partial charge in [0.05, 0.1) is 0 Å². The lowest BCUT2D eigenvalue weighted by Gasteiger charge is -2.15. The molecule has 0 spiro atoms. The van der Waals surface area contributed by atoms with E-state index in [0.29, 0.717) is 18.3 Å². The third kappa shape index (κ3) is 3.58. The monoisotopic (exact) mass is 283 g/mol. The summed E-state index contributed by atoms with van der Waals surface area (Å²) in [5.74, 6) is 0.643. The smallest absolute Gasteiger partial charge is 0.258 e. The van der Waals surface area contributed by atoms with Crippen molar-refractivity contribution in [1.82, 2.24) is 29.7 Å². The lowest BCUT2D eigenvalue weighted by molar-refractivity contribution is 0.278. The van der Waals surface area contributed by atoms with Gasteiger partial charge >= 0.3 is 0 Å². The maximum atomic E-state index is 8.96. The highest BCUT2D eigenvalue weighted by atomic mass is 35.5. The van der Waals surface area contributed by atoms with Crippen LogP contribution in [0.2, 0.25) is 5.28 Å². The molecule has 2 aromatic rings. The lowest BCUT2D eigenvalue weighted by atomic mass is 10.2. The Bertz CT molecular complexity index is 519. The van der Waals surface area contributed by atoms with Gasteiger partial charge in [-0.2, -0.15) is 24.7 Å². The molecule has 0 fully saturated rings. The number of aliphatic hydroxyl groups is 1. The molecule has 2 N–H and O–H groups in total. The van der Waals surface area contributed by atoms with Gasteiger partial charge in [-0.25, -0.2) is 4.98 Å². The predicted octanol–water partition coefficient (Wildman–Crippen LogP) is 0.679. The van der Waals surface area contributed by atoms with Gasteiger partial charge < -0.3 is 10.4 Å². The van der Waals surface area contributed by atoms with Crippen LogP contribution >= 0.6 is 11.6 Å². The molecule has 0 amide bonds. The van der Waals surface area contributed by atoms with Gasteiger partial charge in [0.2, 0.25) is 11.2 Å². The largest absolute Gasteiger partial charge is 0.396 e. The van der Waals surface area contributed by atoms with E-state index in [1.54, 1.807) is 0 Å². The van der Waals surface area contributed by atoms with Crippen LogP contribution in [-0.2, 0) is 0 Å². The van der Waals surface area contributed by atoms with Crippen molar-refractivity contribution in [2.24, 2.45) is 0 Å². The second-order valence-corrected chi connectivity index (χ2v) is 4.17. The molecular formula is C10H14ClN7O. The molecule has 102 valence electrons. The molecule has 2 heterocycles. The Morgan fingerprint density at radius 2 is 2.26 bits per heavy atom. The fraction of sp³-hybridized carbons (Fsp3) is 0.500. The van der Waals surface area contributed by atoms with Crippen LogP contribution in [0.5, 0.6) is 0 Å². The standard InChI is InChI=1S/C10H14ClN7O/c1-2-7(3-4-19)14-9-15-8(11)16-10(17-9)18-6-12-5-13-18/h5-7,19H,2-4H2,1H3,(H,14,15,16,17). The Morgan fingerprint density at radius 3 is 2.89 bits per heavy atom. The Labute approximate surface area is 114 Å². The molecule has 19 heavy (non-hydrogen) atoms. The van der Waals surface area contributed by atoms with Gasteiger partial charge in [0.1, 0.15) is 12.7 Å². The molecular weight excluding hydrogens is 270 g/mol. The van der Waals surface area contributed by atoms with Crippen molar-refractivity contribution in [3.05, 3.63) is 17.9 Å². The second-order valence-electron chi connectivity index (χ2n) is 3.83. The zero-order valence-corrected chi connectivity index (χ0v) is 11.1. The summed E-state index contributed by atoms with van der Waals surface area (Å²) in [4.78, 5) is 16.0. The van der Waals surface area contributed by atoms with Gasteiger partial charge in [0.15, 0.2) is 0 Å². The number of nitrogens with zero attached hydrogens (tertiary/aromatic N) is 6. The van der Waals surface area contributed by atoms with E-state index < -0.39 is 0 Å². The molecule has 2 rings (SSSR count). The van der Waals surface area contributed by atoms with Gasteiger partial charge in [-0.05, 0) is 24.4 Å². The van der Waals surface area contributed by atoms with Crippen molar-refractivity contribution < 1.29 is 5.11 Å². The van der Waals surface area contributed by atoms with E-state index >= 15 is 0 Å². The van der Waals surface area contributed by atoms with Crippen molar-refractivity contribution in [2.75, 3.05) is 11.9 Å². The SMILES string of the molecule is CCC(CCO)Nc1nc(Cl)nc(-n2cncn2)n1. The van der Waals surface area contributed by atoms with E-state index in [4.69, 9.17) is 16.7 Å². The first kappa shape index (κ1) is 13.6. The van der Waals surface area contributed by atoms with E-state index in [1.165, 1.54) is 17.3 Å². The van der Waals surface area contributed by atoms with Crippen LogP contribution in [0, 0.1) is 0 Å². The van der Waals surface area contributed by atoms with Crippen molar-refractivity contribution >= 4 is 17.5 Å². The zero-order chi connectivity index (χ0) is 13.7. The molecule has 1 atom stereocenters. The molecule has 0 aliphatic heterocycles. The van der Waals surface area contributed by atoms with E-state index in [-0.39, 0.29) is 17.9 Å². The zero-order valence-electron chi connectivity index (χ0n) is 10.4. The van der Waals surface area contributed by atoms with Gasteiger partial charge in [0.25, 0.3) is 5.95 Å². The van der Waals surface area contributed by atoms with Crippen LogP contribution in [-0.4, -0.2) is 47.5 Å². The minimum Gasteiger partial charge on any atom is -0.396 e. The molecule has 1 unspecified atom stereocenters. The molecule has 0 saturated carbocycles. The van der Waals surface area contributed by atoms with Crippen LogP contribution < -0.4 is 5.32 Å². The van der Waals surface area contributed by atoms with Gasteiger partial charge in [0, 0.05) is 12.6 Å². The average molecular weight is 284 g/mol. The minimum absolute atomic E-state index is 0.0712. The Morgan fingerprint density at radius 1 is 1.42 bits per heavy atom. The third-order valence-electron chi connectivity index (χ3n) is 2.52. The highest BCUT2D eigenvalue weighted by Gasteiger charge is 2.11. The first-order chi connectivity index (χ1) is 9.22. The quantitative estimate of drug-likeness (QED) is 0.803.